The highest BCUT2D eigenvalue weighted by Gasteiger charge is 2.13. The van der Waals surface area contributed by atoms with Gasteiger partial charge in [0.1, 0.15) is 5.69 Å². The summed E-state index contributed by atoms with van der Waals surface area (Å²) in [5.74, 6) is -0.00982. The Hall–Kier alpha value is -2.27. The predicted octanol–water partition coefficient (Wildman–Crippen LogP) is 3.03. The van der Waals surface area contributed by atoms with Crippen molar-refractivity contribution in [3.8, 4) is 0 Å². The van der Waals surface area contributed by atoms with Crippen molar-refractivity contribution in [3.63, 3.8) is 0 Å². The van der Waals surface area contributed by atoms with E-state index in [2.05, 4.69) is 22.0 Å². The summed E-state index contributed by atoms with van der Waals surface area (Å²) in [6, 6.07) is 11.5. The molecule has 0 spiro atoms. The summed E-state index contributed by atoms with van der Waals surface area (Å²) in [5.41, 5.74) is 8.07. The van der Waals surface area contributed by atoms with Crippen molar-refractivity contribution in [2.45, 2.75) is 13.0 Å². The number of nitrogens with zero attached hydrogens (tertiary/aromatic N) is 3. The number of halogens is 1. The van der Waals surface area contributed by atoms with E-state index in [0.717, 1.165) is 11.3 Å². The third-order valence-electron chi connectivity index (χ3n) is 3.45. The van der Waals surface area contributed by atoms with Gasteiger partial charge in [-0.1, -0.05) is 28.9 Å². The lowest BCUT2D eigenvalue weighted by molar-refractivity contribution is 0.318. The molecule has 6 heteroatoms. The average Bonchev–Trinajstić information content (AvgIpc) is 2.53. The van der Waals surface area contributed by atoms with Crippen LogP contribution < -0.4 is 10.6 Å². The highest BCUT2D eigenvalue weighted by atomic mass is 35.5. The van der Waals surface area contributed by atoms with E-state index >= 15 is 0 Å². The summed E-state index contributed by atoms with van der Waals surface area (Å²) in [6.45, 7) is 2.09. The van der Waals surface area contributed by atoms with Crippen LogP contribution in [0.3, 0.4) is 0 Å². The highest BCUT2D eigenvalue weighted by molar-refractivity contribution is 6.30. The lowest BCUT2D eigenvalue weighted by Crippen LogP contribution is -2.23. The maximum absolute atomic E-state index is 8.73. The van der Waals surface area contributed by atoms with Gasteiger partial charge in [0.05, 0.1) is 6.04 Å². The molecule has 0 fully saturated rings. The van der Waals surface area contributed by atoms with Crippen molar-refractivity contribution >= 4 is 23.1 Å². The Kier molecular flexibility index (Phi) is 4.65. The van der Waals surface area contributed by atoms with Crippen molar-refractivity contribution < 1.29 is 5.21 Å². The molecule has 0 saturated heterocycles. The van der Waals surface area contributed by atoms with E-state index < -0.39 is 0 Å². The Bertz CT molecular complexity index is 642. The zero-order valence-electron chi connectivity index (χ0n) is 11.9. The van der Waals surface area contributed by atoms with Crippen LogP contribution >= 0.6 is 11.6 Å². The van der Waals surface area contributed by atoms with Gasteiger partial charge >= 0.3 is 0 Å². The minimum atomic E-state index is -0.00982. The van der Waals surface area contributed by atoms with Gasteiger partial charge in [-0.2, -0.15) is 0 Å². The fraction of sp³-hybridized carbons (Fsp3) is 0.200. The van der Waals surface area contributed by atoms with Crippen LogP contribution in [0.2, 0.25) is 5.02 Å². The molecule has 0 aliphatic heterocycles. The van der Waals surface area contributed by atoms with E-state index in [0.29, 0.717) is 10.7 Å². The number of hydrogen-bond donors (Lipinski definition) is 2. The average molecular weight is 305 g/mol. The molecule has 5 nitrogen and oxygen atoms in total. The maximum Gasteiger partial charge on any atom is 0.188 e. The number of amidine groups is 1. The molecule has 0 amide bonds. The molecule has 2 aromatic rings. The Labute approximate surface area is 128 Å². The van der Waals surface area contributed by atoms with E-state index in [1.54, 1.807) is 12.3 Å². The Morgan fingerprint density at radius 2 is 2.00 bits per heavy atom. The van der Waals surface area contributed by atoms with Gasteiger partial charge in [-0.05, 0) is 36.8 Å². The van der Waals surface area contributed by atoms with Gasteiger partial charge in [0.2, 0.25) is 0 Å². The third-order valence-corrected chi connectivity index (χ3v) is 3.71. The lowest BCUT2D eigenvalue weighted by atomic mass is 10.1. The Morgan fingerprint density at radius 3 is 2.62 bits per heavy atom. The normalized spacial score (nSPS) is 13.0. The van der Waals surface area contributed by atoms with Gasteiger partial charge in [-0.15, -0.1) is 0 Å². The molecule has 0 aliphatic carbocycles. The first-order valence-electron chi connectivity index (χ1n) is 6.45. The molecule has 0 bridgehead atoms. The number of pyridine rings is 1. The van der Waals surface area contributed by atoms with Crippen LogP contribution in [0.25, 0.3) is 0 Å². The van der Waals surface area contributed by atoms with Crippen LogP contribution in [0.15, 0.2) is 47.8 Å². The van der Waals surface area contributed by atoms with Crippen molar-refractivity contribution in [3.05, 3.63) is 58.9 Å². The van der Waals surface area contributed by atoms with Crippen molar-refractivity contribution in [1.29, 1.82) is 0 Å². The van der Waals surface area contributed by atoms with Crippen molar-refractivity contribution in [2.75, 3.05) is 11.9 Å². The highest BCUT2D eigenvalue weighted by Crippen LogP contribution is 2.26. The van der Waals surface area contributed by atoms with E-state index in [1.165, 1.54) is 0 Å². The summed E-state index contributed by atoms with van der Waals surface area (Å²) in [6.07, 6.45) is 1.63. The zero-order chi connectivity index (χ0) is 15.4. The molecule has 0 radical (unpaired) electrons. The molecule has 0 aliphatic rings. The number of rotatable bonds is 4. The quantitative estimate of drug-likeness (QED) is 0.394. The molecule has 2 rings (SSSR count). The van der Waals surface area contributed by atoms with Gasteiger partial charge in [0, 0.05) is 24.0 Å². The Balaban J connectivity index is 2.27. The Morgan fingerprint density at radius 1 is 1.33 bits per heavy atom. The van der Waals surface area contributed by atoms with Crippen LogP contribution in [0, 0.1) is 0 Å². The SMILES string of the molecule is CC(c1ccc(Cl)cc1)N(C)c1ccnc(C(N)=NO)c1. The molecular formula is C15H17ClN4O. The van der Waals surface area contributed by atoms with Gasteiger partial charge in [0.25, 0.3) is 0 Å². The van der Waals surface area contributed by atoms with E-state index in [4.69, 9.17) is 22.5 Å². The second kappa shape index (κ2) is 6.45. The van der Waals surface area contributed by atoms with E-state index in [-0.39, 0.29) is 11.9 Å². The number of anilines is 1. The molecule has 1 heterocycles. The largest absolute Gasteiger partial charge is 0.409 e. The fourth-order valence-electron chi connectivity index (χ4n) is 2.02. The summed E-state index contributed by atoms with van der Waals surface area (Å²) in [4.78, 5) is 6.16. The van der Waals surface area contributed by atoms with E-state index in [9.17, 15) is 0 Å². The smallest absolute Gasteiger partial charge is 0.188 e. The van der Waals surface area contributed by atoms with Gasteiger partial charge in [-0.3, -0.25) is 4.98 Å². The fourth-order valence-corrected chi connectivity index (χ4v) is 2.14. The monoisotopic (exact) mass is 304 g/mol. The first kappa shape index (κ1) is 15.1. The second-order valence-corrected chi connectivity index (χ2v) is 5.16. The minimum Gasteiger partial charge on any atom is -0.409 e. The van der Waals surface area contributed by atoms with E-state index in [1.807, 2.05) is 37.4 Å². The van der Waals surface area contributed by atoms with Crippen molar-refractivity contribution in [2.24, 2.45) is 10.9 Å². The van der Waals surface area contributed by atoms with Gasteiger partial charge < -0.3 is 15.8 Å². The summed E-state index contributed by atoms with van der Waals surface area (Å²) in [5, 5.41) is 12.4. The lowest BCUT2D eigenvalue weighted by Gasteiger charge is -2.27. The first-order valence-corrected chi connectivity index (χ1v) is 6.83. The van der Waals surface area contributed by atoms with Crippen LogP contribution in [0.4, 0.5) is 5.69 Å². The third kappa shape index (κ3) is 3.44. The molecule has 1 aromatic carbocycles. The molecule has 21 heavy (non-hydrogen) atoms. The summed E-state index contributed by atoms with van der Waals surface area (Å²) >= 11 is 5.91. The molecule has 1 unspecified atom stereocenters. The number of oxime groups is 1. The standard InChI is InChI=1S/C15H17ClN4O/c1-10(11-3-5-12(16)6-4-11)20(2)13-7-8-18-14(9-13)15(17)19-21/h3-10,21H,1-2H3,(H2,17,19). The molecule has 1 atom stereocenters. The second-order valence-electron chi connectivity index (χ2n) is 4.72. The molecule has 1 aromatic heterocycles. The first-order chi connectivity index (χ1) is 10.0. The molecular weight excluding hydrogens is 288 g/mol. The number of nitrogens with two attached hydrogens (primary N) is 1. The predicted molar refractivity (Wildman–Crippen MR) is 85.0 cm³/mol. The van der Waals surface area contributed by atoms with Gasteiger partial charge in [0.15, 0.2) is 5.84 Å². The zero-order valence-corrected chi connectivity index (χ0v) is 12.6. The molecule has 110 valence electrons. The number of benzene rings is 1. The summed E-state index contributed by atoms with van der Waals surface area (Å²) < 4.78 is 0. The summed E-state index contributed by atoms with van der Waals surface area (Å²) in [7, 11) is 1.98. The van der Waals surface area contributed by atoms with Crippen LogP contribution in [-0.4, -0.2) is 23.1 Å². The molecule has 3 N–H and O–H groups in total. The van der Waals surface area contributed by atoms with Crippen molar-refractivity contribution in [1.82, 2.24) is 4.98 Å². The molecule has 0 saturated carbocycles. The maximum atomic E-state index is 8.73. The minimum absolute atomic E-state index is 0.00982. The van der Waals surface area contributed by atoms with Crippen LogP contribution in [0.5, 0.6) is 0 Å². The number of hydrogen-bond acceptors (Lipinski definition) is 4. The van der Waals surface area contributed by atoms with Crippen LogP contribution in [-0.2, 0) is 0 Å². The topological polar surface area (TPSA) is 74.7 Å². The van der Waals surface area contributed by atoms with Crippen LogP contribution in [0.1, 0.15) is 24.2 Å². The van der Waals surface area contributed by atoms with Gasteiger partial charge in [-0.25, -0.2) is 0 Å². The number of aromatic nitrogens is 1.